The highest BCUT2D eigenvalue weighted by Crippen LogP contribution is 2.39. The maximum absolute atomic E-state index is 5.60. The highest BCUT2D eigenvalue weighted by atomic mass is 16.5. The van der Waals surface area contributed by atoms with Crippen LogP contribution in [0, 0.1) is 5.41 Å². The van der Waals surface area contributed by atoms with E-state index in [1.165, 1.54) is 24.0 Å². The van der Waals surface area contributed by atoms with Crippen molar-refractivity contribution in [1.82, 2.24) is 5.32 Å². The van der Waals surface area contributed by atoms with E-state index in [9.17, 15) is 0 Å². The van der Waals surface area contributed by atoms with E-state index in [0.717, 1.165) is 18.8 Å². The maximum Gasteiger partial charge on any atom is 0.122 e. The van der Waals surface area contributed by atoms with Crippen molar-refractivity contribution in [3.63, 3.8) is 0 Å². The zero-order valence-electron chi connectivity index (χ0n) is 14.5. The minimum absolute atomic E-state index is 0.186. The monoisotopic (exact) mass is 289 g/mol. The minimum atomic E-state index is 0.186. The summed E-state index contributed by atoms with van der Waals surface area (Å²) in [6, 6.07) is 6.80. The second kappa shape index (κ2) is 6.00. The Balaban J connectivity index is 2.34. The Morgan fingerprint density at radius 1 is 1.19 bits per heavy atom. The van der Waals surface area contributed by atoms with Gasteiger partial charge in [0.2, 0.25) is 0 Å². The molecule has 1 aromatic rings. The third-order valence-electron chi connectivity index (χ3n) is 4.48. The van der Waals surface area contributed by atoms with E-state index in [4.69, 9.17) is 4.74 Å². The molecule has 1 heterocycles. The van der Waals surface area contributed by atoms with Crippen molar-refractivity contribution in [2.75, 3.05) is 20.2 Å². The van der Waals surface area contributed by atoms with Crippen LogP contribution in [-0.2, 0) is 5.41 Å². The summed E-state index contributed by atoms with van der Waals surface area (Å²) in [5, 5.41) is 3.46. The van der Waals surface area contributed by atoms with Crippen LogP contribution < -0.4 is 10.1 Å². The molecule has 0 spiro atoms. The number of hydrogen-bond acceptors (Lipinski definition) is 2. The van der Waals surface area contributed by atoms with Crippen LogP contribution in [0.2, 0.25) is 0 Å². The SMILES string of the molecule is COc1ccc(C(C)(C)CC(C)(C)C)cc1C1CCNC1. The van der Waals surface area contributed by atoms with Gasteiger partial charge in [0, 0.05) is 12.5 Å². The van der Waals surface area contributed by atoms with E-state index in [-0.39, 0.29) is 5.41 Å². The summed E-state index contributed by atoms with van der Waals surface area (Å²) in [5.74, 6) is 1.63. The van der Waals surface area contributed by atoms with Crippen molar-refractivity contribution in [3.8, 4) is 5.75 Å². The summed E-state index contributed by atoms with van der Waals surface area (Å²) in [6.45, 7) is 13.9. The average molecular weight is 289 g/mol. The molecule has 0 aromatic heterocycles. The first kappa shape index (κ1) is 16.4. The van der Waals surface area contributed by atoms with Crippen LogP contribution >= 0.6 is 0 Å². The summed E-state index contributed by atoms with van der Waals surface area (Å²) in [5.41, 5.74) is 3.33. The van der Waals surface area contributed by atoms with Crippen LogP contribution in [-0.4, -0.2) is 20.2 Å². The smallest absolute Gasteiger partial charge is 0.122 e. The molecule has 2 rings (SSSR count). The minimum Gasteiger partial charge on any atom is -0.496 e. The fraction of sp³-hybridized carbons (Fsp3) is 0.684. The molecule has 1 aliphatic rings. The first-order chi connectivity index (χ1) is 9.73. The fourth-order valence-corrected chi connectivity index (χ4v) is 3.82. The van der Waals surface area contributed by atoms with E-state index in [2.05, 4.69) is 58.1 Å². The van der Waals surface area contributed by atoms with Crippen LogP contribution in [0.15, 0.2) is 18.2 Å². The molecule has 118 valence electrons. The summed E-state index contributed by atoms with van der Waals surface area (Å²) < 4.78 is 5.60. The molecule has 0 bridgehead atoms. The van der Waals surface area contributed by atoms with E-state index < -0.39 is 0 Å². The van der Waals surface area contributed by atoms with E-state index in [1.54, 1.807) is 7.11 Å². The van der Waals surface area contributed by atoms with Gasteiger partial charge in [0.05, 0.1) is 7.11 Å². The van der Waals surface area contributed by atoms with Crippen molar-refractivity contribution in [2.24, 2.45) is 5.41 Å². The lowest BCUT2D eigenvalue weighted by Gasteiger charge is -2.33. The van der Waals surface area contributed by atoms with E-state index in [1.807, 2.05) is 0 Å². The van der Waals surface area contributed by atoms with Gasteiger partial charge in [-0.1, -0.05) is 46.8 Å². The lowest BCUT2D eigenvalue weighted by Crippen LogP contribution is -2.25. The standard InChI is InChI=1S/C19H31NO/c1-18(2,3)13-19(4,5)15-7-8-17(21-6)16(11-15)14-9-10-20-12-14/h7-8,11,14,20H,9-10,12-13H2,1-6H3. The highest BCUT2D eigenvalue weighted by Gasteiger charge is 2.29. The predicted molar refractivity (Wildman–Crippen MR) is 90.3 cm³/mol. The number of nitrogens with one attached hydrogen (secondary N) is 1. The second-order valence-corrected chi connectivity index (χ2v) is 8.27. The molecule has 21 heavy (non-hydrogen) atoms. The van der Waals surface area contributed by atoms with Crippen molar-refractivity contribution >= 4 is 0 Å². The Kier molecular flexibility index (Phi) is 4.67. The summed E-state index contributed by atoms with van der Waals surface area (Å²) in [7, 11) is 1.78. The van der Waals surface area contributed by atoms with Gasteiger partial charge in [0.1, 0.15) is 5.75 Å². The molecule has 2 nitrogen and oxygen atoms in total. The first-order valence-corrected chi connectivity index (χ1v) is 8.12. The summed E-state index contributed by atoms with van der Waals surface area (Å²) in [6.07, 6.45) is 2.38. The van der Waals surface area contributed by atoms with E-state index >= 15 is 0 Å². The van der Waals surface area contributed by atoms with Gasteiger partial charge in [-0.05, 0) is 47.4 Å². The van der Waals surface area contributed by atoms with Crippen molar-refractivity contribution in [2.45, 2.75) is 58.8 Å². The third-order valence-corrected chi connectivity index (χ3v) is 4.48. The first-order valence-electron chi connectivity index (χ1n) is 8.12. The molecule has 0 amide bonds. The van der Waals surface area contributed by atoms with Crippen LogP contribution in [0.1, 0.15) is 64.5 Å². The molecular formula is C19H31NO. The molecule has 1 fully saturated rings. The highest BCUT2D eigenvalue weighted by molar-refractivity contribution is 5.42. The molecular weight excluding hydrogens is 258 g/mol. The molecule has 1 atom stereocenters. The average Bonchev–Trinajstić information content (AvgIpc) is 2.88. The van der Waals surface area contributed by atoms with Gasteiger partial charge in [-0.15, -0.1) is 0 Å². The molecule has 1 aromatic carbocycles. The number of hydrogen-bond donors (Lipinski definition) is 1. The Hall–Kier alpha value is -1.02. The summed E-state index contributed by atoms with van der Waals surface area (Å²) in [4.78, 5) is 0. The Morgan fingerprint density at radius 2 is 1.90 bits per heavy atom. The lowest BCUT2D eigenvalue weighted by atomic mass is 9.71. The van der Waals surface area contributed by atoms with Gasteiger partial charge in [-0.2, -0.15) is 0 Å². The maximum atomic E-state index is 5.60. The number of ether oxygens (including phenoxy) is 1. The van der Waals surface area contributed by atoms with Crippen LogP contribution in [0.25, 0.3) is 0 Å². The quantitative estimate of drug-likeness (QED) is 0.882. The lowest BCUT2D eigenvalue weighted by molar-refractivity contribution is 0.283. The number of rotatable bonds is 4. The zero-order chi connectivity index (χ0) is 15.7. The van der Waals surface area contributed by atoms with Gasteiger partial charge in [-0.25, -0.2) is 0 Å². The van der Waals surface area contributed by atoms with E-state index in [0.29, 0.717) is 11.3 Å². The molecule has 1 saturated heterocycles. The Bertz CT molecular complexity index is 479. The van der Waals surface area contributed by atoms with Gasteiger partial charge in [0.15, 0.2) is 0 Å². The molecule has 0 aliphatic carbocycles. The fourth-order valence-electron chi connectivity index (χ4n) is 3.82. The zero-order valence-corrected chi connectivity index (χ0v) is 14.5. The molecule has 1 aliphatic heterocycles. The number of methoxy groups -OCH3 is 1. The predicted octanol–water partition coefficient (Wildman–Crippen LogP) is 4.49. The largest absolute Gasteiger partial charge is 0.496 e. The second-order valence-electron chi connectivity index (χ2n) is 8.27. The van der Waals surface area contributed by atoms with Crippen molar-refractivity contribution in [3.05, 3.63) is 29.3 Å². The summed E-state index contributed by atoms with van der Waals surface area (Å²) >= 11 is 0. The molecule has 1 N–H and O–H groups in total. The van der Waals surface area contributed by atoms with Crippen LogP contribution in [0.4, 0.5) is 0 Å². The van der Waals surface area contributed by atoms with Gasteiger partial charge in [0.25, 0.3) is 0 Å². The van der Waals surface area contributed by atoms with Gasteiger partial charge in [-0.3, -0.25) is 0 Å². The topological polar surface area (TPSA) is 21.3 Å². The molecule has 2 heteroatoms. The van der Waals surface area contributed by atoms with Crippen molar-refractivity contribution in [1.29, 1.82) is 0 Å². The molecule has 0 radical (unpaired) electrons. The number of benzene rings is 1. The van der Waals surface area contributed by atoms with Crippen LogP contribution in [0.3, 0.4) is 0 Å². The molecule has 1 unspecified atom stereocenters. The van der Waals surface area contributed by atoms with Crippen LogP contribution in [0.5, 0.6) is 5.75 Å². The Labute approximate surface area is 130 Å². The third kappa shape index (κ3) is 4.00. The molecule has 0 saturated carbocycles. The normalized spacial score (nSPS) is 19.8. The van der Waals surface area contributed by atoms with Crippen molar-refractivity contribution < 1.29 is 4.74 Å². The van der Waals surface area contributed by atoms with Gasteiger partial charge < -0.3 is 10.1 Å². The van der Waals surface area contributed by atoms with Gasteiger partial charge >= 0.3 is 0 Å². The Morgan fingerprint density at radius 3 is 2.43 bits per heavy atom.